The Kier molecular flexibility index (Phi) is 4.08. The summed E-state index contributed by atoms with van der Waals surface area (Å²) in [5.41, 5.74) is 7.44. The summed E-state index contributed by atoms with van der Waals surface area (Å²) in [6, 6.07) is 4.85. The molecule has 0 spiro atoms. The average molecular weight is 357 g/mol. The Labute approximate surface area is 151 Å². The Morgan fingerprint density at radius 1 is 1.35 bits per heavy atom. The van der Waals surface area contributed by atoms with Crippen LogP contribution in [-0.2, 0) is 16.0 Å². The number of hydrogen-bond acceptors (Lipinski definition) is 6. The second-order valence-corrected chi connectivity index (χ2v) is 7.53. The van der Waals surface area contributed by atoms with Gasteiger partial charge in [0, 0.05) is 24.3 Å². The maximum Gasteiger partial charge on any atom is 0.339 e. The normalized spacial score (nSPS) is 27.6. The molecule has 7 heteroatoms. The standard InChI is InChI=1S/C19H23N3O4/c1-25-17(24)13-10-15-14(21-11-13)2-3-16(23)22(15)9-8-19-6-4-18(20,5-7-19)12-26-19/h2-3,10-11H,4-9,12,20H2,1H3. The quantitative estimate of drug-likeness (QED) is 0.835. The van der Waals surface area contributed by atoms with Crippen LogP contribution in [0.4, 0.5) is 0 Å². The van der Waals surface area contributed by atoms with Gasteiger partial charge in [0.05, 0.1) is 35.9 Å². The smallest absolute Gasteiger partial charge is 0.339 e. The van der Waals surface area contributed by atoms with E-state index in [1.54, 1.807) is 16.7 Å². The van der Waals surface area contributed by atoms with E-state index in [0.29, 0.717) is 29.7 Å². The highest BCUT2D eigenvalue weighted by molar-refractivity contribution is 5.92. The maximum absolute atomic E-state index is 12.5. The molecule has 4 heterocycles. The van der Waals surface area contributed by atoms with E-state index in [9.17, 15) is 9.59 Å². The monoisotopic (exact) mass is 357 g/mol. The van der Waals surface area contributed by atoms with Crippen LogP contribution in [-0.4, -0.2) is 40.4 Å². The van der Waals surface area contributed by atoms with Crippen molar-refractivity contribution in [3.8, 4) is 0 Å². The molecule has 2 aromatic rings. The number of pyridine rings is 2. The van der Waals surface area contributed by atoms with Crippen LogP contribution in [0.25, 0.3) is 11.0 Å². The second kappa shape index (κ2) is 6.17. The Morgan fingerprint density at radius 2 is 2.12 bits per heavy atom. The van der Waals surface area contributed by atoms with E-state index in [1.165, 1.54) is 19.4 Å². The van der Waals surface area contributed by atoms with Gasteiger partial charge in [-0.1, -0.05) is 0 Å². The van der Waals surface area contributed by atoms with Crippen molar-refractivity contribution in [1.82, 2.24) is 9.55 Å². The molecule has 0 atom stereocenters. The minimum Gasteiger partial charge on any atom is -0.465 e. The number of carbonyl (C=O) groups excluding carboxylic acids is 1. The van der Waals surface area contributed by atoms with Crippen molar-refractivity contribution in [2.75, 3.05) is 13.7 Å². The molecule has 26 heavy (non-hydrogen) atoms. The van der Waals surface area contributed by atoms with Crippen molar-refractivity contribution >= 4 is 17.0 Å². The van der Waals surface area contributed by atoms with Crippen molar-refractivity contribution in [2.24, 2.45) is 5.73 Å². The zero-order chi connectivity index (χ0) is 18.4. The number of hydrogen-bond donors (Lipinski definition) is 1. The predicted molar refractivity (Wildman–Crippen MR) is 96.0 cm³/mol. The van der Waals surface area contributed by atoms with E-state index in [4.69, 9.17) is 15.2 Å². The van der Waals surface area contributed by atoms with Gasteiger partial charge in [-0.25, -0.2) is 4.79 Å². The summed E-state index contributed by atoms with van der Waals surface area (Å²) >= 11 is 0. The van der Waals surface area contributed by atoms with Crippen molar-refractivity contribution in [3.63, 3.8) is 0 Å². The van der Waals surface area contributed by atoms with Gasteiger partial charge < -0.3 is 19.8 Å². The highest BCUT2D eigenvalue weighted by Gasteiger charge is 2.47. The number of methoxy groups -OCH3 is 1. The van der Waals surface area contributed by atoms with Crippen molar-refractivity contribution in [1.29, 1.82) is 0 Å². The van der Waals surface area contributed by atoms with Crippen molar-refractivity contribution < 1.29 is 14.3 Å². The number of aromatic nitrogens is 2. The molecule has 3 fully saturated rings. The Balaban J connectivity index is 1.64. The van der Waals surface area contributed by atoms with Crippen LogP contribution >= 0.6 is 0 Å². The van der Waals surface area contributed by atoms with Crippen molar-refractivity contribution in [2.45, 2.75) is 49.8 Å². The summed E-state index contributed by atoms with van der Waals surface area (Å²) in [6.07, 6.45) is 5.98. The van der Waals surface area contributed by atoms with E-state index < -0.39 is 5.97 Å². The SMILES string of the molecule is COC(=O)c1cnc2ccc(=O)n(CCC34CCC(N)(CC3)CO4)c2c1. The summed E-state index contributed by atoms with van der Waals surface area (Å²) in [5, 5.41) is 0. The first kappa shape index (κ1) is 17.2. The molecule has 5 rings (SSSR count). The van der Waals surface area contributed by atoms with Gasteiger partial charge >= 0.3 is 5.97 Å². The predicted octanol–water partition coefficient (Wildman–Crippen LogP) is 1.61. The molecular formula is C19H23N3O4. The first-order chi connectivity index (χ1) is 12.4. The lowest BCUT2D eigenvalue weighted by Crippen LogP contribution is -2.59. The van der Waals surface area contributed by atoms with Crippen LogP contribution in [0.2, 0.25) is 0 Å². The third-order valence-electron chi connectivity index (χ3n) is 5.87. The Morgan fingerprint density at radius 3 is 2.77 bits per heavy atom. The van der Waals surface area contributed by atoms with Gasteiger partial charge in [0.25, 0.3) is 5.56 Å². The highest BCUT2D eigenvalue weighted by atomic mass is 16.5. The third kappa shape index (κ3) is 2.91. The number of fused-ring (bicyclic) bond motifs is 4. The van der Waals surface area contributed by atoms with Crippen LogP contribution in [0, 0.1) is 0 Å². The van der Waals surface area contributed by atoms with E-state index in [-0.39, 0.29) is 16.7 Å². The minimum atomic E-state index is -0.469. The fraction of sp³-hybridized carbons (Fsp3) is 0.526. The fourth-order valence-corrected chi connectivity index (χ4v) is 4.05. The second-order valence-electron chi connectivity index (χ2n) is 7.53. The summed E-state index contributed by atoms with van der Waals surface area (Å²) in [4.78, 5) is 28.6. The number of ether oxygens (including phenoxy) is 2. The Bertz CT molecular complexity index is 896. The molecule has 2 N–H and O–H groups in total. The van der Waals surface area contributed by atoms with Crippen LogP contribution < -0.4 is 11.3 Å². The molecular weight excluding hydrogens is 334 g/mol. The number of aryl methyl sites for hydroxylation is 1. The molecule has 2 aliphatic heterocycles. The first-order valence-corrected chi connectivity index (χ1v) is 8.95. The van der Waals surface area contributed by atoms with Gasteiger partial charge in [0.15, 0.2) is 0 Å². The Hall–Kier alpha value is -2.25. The largest absolute Gasteiger partial charge is 0.465 e. The lowest BCUT2D eigenvalue weighted by atomic mass is 9.70. The van der Waals surface area contributed by atoms with Gasteiger partial charge in [-0.15, -0.1) is 0 Å². The fourth-order valence-electron chi connectivity index (χ4n) is 4.05. The number of carbonyl (C=O) groups is 1. The molecule has 0 unspecified atom stereocenters. The van der Waals surface area contributed by atoms with E-state index >= 15 is 0 Å². The summed E-state index contributed by atoms with van der Waals surface area (Å²) in [6.45, 7) is 1.10. The molecule has 2 saturated heterocycles. The topological polar surface area (TPSA) is 96.4 Å². The first-order valence-electron chi connectivity index (χ1n) is 8.95. The molecule has 0 radical (unpaired) electrons. The van der Waals surface area contributed by atoms with Crippen LogP contribution in [0.3, 0.4) is 0 Å². The number of rotatable bonds is 4. The summed E-state index contributed by atoms with van der Waals surface area (Å²) in [5.74, 6) is -0.469. The van der Waals surface area contributed by atoms with E-state index in [1.807, 2.05) is 0 Å². The molecule has 1 saturated carbocycles. The van der Waals surface area contributed by atoms with Crippen molar-refractivity contribution in [3.05, 3.63) is 40.3 Å². The average Bonchev–Trinajstić information content (AvgIpc) is 2.67. The van der Waals surface area contributed by atoms with Gasteiger partial charge in [-0.2, -0.15) is 0 Å². The van der Waals surface area contributed by atoms with Gasteiger partial charge in [-0.05, 0) is 44.2 Å². The molecule has 7 nitrogen and oxygen atoms in total. The molecule has 2 bridgehead atoms. The van der Waals surface area contributed by atoms with Gasteiger partial charge in [0.2, 0.25) is 0 Å². The zero-order valence-corrected chi connectivity index (χ0v) is 14.9. The lowest BCUT2D eigenvalue weighted by Gasteiger charge is -2.51. The molecule has 3 aliphatic rings. The lowest BCUT2D eigenvalue weighted by molar-refractivity contribution is -0.157. The molecule has 0 aromatic carbocycles. The minimum absolute atomic E-state index is 0.113. The van der Waals surface area contributed by atoms with E-state index in [0.717, 1.165) is 32.1 Å². The van der Waals surface area contributed by atoms with Gasteiger partial charge in [-0.3, -0.25) is 9.78 Å². The number of esters is 1. The van der Waals surface area contributed by atoms with Crippen LogP contribution in [0.1, 0.15) is 42.5 Å². The number of nitrogens with zero attached hydrogens (tertiary/aromatic N) is 2. The van der Waals surface area contributed by atoms with Crippen LogP contribution in [0.5, 0.6) is 0 Å². The summed E-state index contributed by atoms with van der Waals surface area (Å²) < 4.78 is 12.5. The van der Waals surface area contributed by atoms with E-state index in [2.05, 4.69) is 4.98 Å². The van der Waals surface area contributed by atoms with Gasteiger partial charge in [0.1, 0.15) is 0 Å². The summed E-state index contributed by atoms with van der Waals surface area (Å²) in [7, 11) is 1.32. The van der Waals surface area contributed by atoms with Crippen LogP contribution in [0.15, 0.2) is 29.2 Å². The molecule has 0 amide bonds. The molecule has 2 aromatic heterocycles. The maximum atomic E-state index is 12.5. The highest BCUT2D eigenvalue weighted by Crippen LogP contribution is 2.44. The number of nitrogens with two attached hydrogens (primary N) is 1. The third-order valence-corrected chi connectivity index (χ3v) is 5.87. The molecule has 138 valence electrons. The zero-order valence-electron chi connectivity index (χ0n) is 14.9. The molecule has 1 aliphatic carbocycles.